The van der Waals surface area contributed by atoms with Crippen LogP contribution in [0.1, 0.15) is 51.0 Å². The smallest absolute Gasteiger partial charge is 0.234 e. The van der Waals surface area contributed by atoms with E-state index in [4.69, 9.17) is 0 Å². The molecule has 5 nitrogen and oxygen atoms in total. The molecular formula is C22H33N3O2. The summed E-state index contributed by atoms with van der Waals surface area (Å²) in [4.78, 5) is 26.7. The van der Waals surface area contributed by atoms with Crippen LogP contribution in [0.25, 0.3) is 0 Å². The normalized spacial score (nSPS) is 19.9. The van der Waals surface area contributed by atoms with Crippen LogP contribution in [0.3, 0.4) is 0 Å². The van der Waals surface area contributed by atoms with Gasteiger partial charge in [0.15, 0.2) is 0 Å². The first kappa shape index (κ1) is 19.9. The maximum Gasteiger partial charge on any atom is 0.234 e. The Morgan fingerprint density at radius 2 is 1.81 bits per heavy atom. The predicted molar refractivity (Wildman–Crippen MR) is 107 cm³/mol. The van der Waals surface area contributed by atoms with E-state index in [0.717, 1.165) is 58.3 Å². The van der Waals surface area contributed by atoms with E-state index in [2.05, 4.69) is 46.7 Å². The molecule has 0 bridgehead atoms. The van der Waals surface area contributed by atoms with E-state index < -0.39 is 0 Å². The molecular weight excluding hydrogens is 338 g/mol. The molecule has 2 fully saturated rings. The van der Waals surface area contributed by atoms with Gasteiger partial charge in [0.05, 0.1) is 6.54 Å². The molecule has 0 aromatic heterocycles. The highest BCUT2D eigenvalue weighted by atomic mass is 16.2. The van der Waals surface area contributed by atoms with E-state index in [-0.39, 0.29) is 23.1 Å². The van der Waals surface area contributed by atoms with Crippen molar-refractivity contribution in [1.82, 2.24) is 15.5 Å². The SMILES string of the molecule is CCCNC(=O)C1CCN(CC(=O)NCC2(c3ccccc3)CCC2)CC1. The van der Waals surface area contributed by atoms with Crippen molar-refractivity contribution in [1.29, 1.82) is 0 Å². The minimum Gasteiger partial charge on any atom is -0.356 e. The molecule has 1 aliphatic carbocycles. The average Bonchev–Trinajstić information content (AvgIpc) is 2.66. The fourth-order valence-corrected chi connectivity index (χ4v) is 4.24. The third kappa shape index (κ3) is 5.10. The van der Waals surface area contributed by atoms with Crippen LogP contribution in [0, 0.1) is 5.92 Å². The first-order valence-corrected chi connectivity index (χ1v) is 10.5. The molecule has 2 aliphatic rings. The van der Waals surface area contributed by atoms with E-state index in [1.807, 2.05) is 6.07 Å². The summed E-state index contributed by atoms with van der Waals surface area (Å²) in [6.45, 7) is 5.63. The second-order valence-corrected chi connectivity index (χ2v) is 8.12. The monoisotopic (exact) mass is 371 g/mol. The number of nitrogens with zero attached hydrogens (tertiary/aromatic N) is 1. The van der Waals surface area contributed by atoms with Crippen LogP contribution >= 0.6 is 0 Å². The lowest BCUT2D eigenvalue weighted by molar-refractivity contribution is -0.126. The van der Waals surface area contributed by atoms with Crippen LogP contribution in [0.4, 0.5) is 0 Å². The van der Waals surface area contributed by atoms with Crippen molar-refractivity contribution in [2.75, 3.05) is 32.7 Å². The summed E-state index contributed by atoms with van der Waals surface area (Å²) in [7, 11) is 0. The summed E-state index contributed by atoms with van der Waals surface area (Å²) in [6, 6.07) is 10.6. The molecule has 1 saturated carbocycles. The number of carbonyl (C=O) groups excluding carboxylic acids is 2. The molecule has 1 heterocycles. The Hall–Kier alpha value is -1.88. The third-order valence-corrected chi connectivity index (χ3v) is 6.20. The highest BCUT2D eigenvalue weighted by molar-refractivity contribution is 5.79. The van der Waals surface area contributed by atoms with Gasteiger partial charge in [-0.25, -0.2) is 0 Å². The zero-order chi connectivity index (χ0) is 19.1. The molecule has 2 N–H and O–H groups in total. The molecule has 0 unspecified atom stereocenters. The lowest BCUT2D eigenvalue weighted by Gasteiger charge is -2.42. The van der Waals surface area contributed by atoms with Gasteiger partial charge < -0.3 is 10.6 Å². The molecule has 1 saturated heterocycles. The number of piperidine rings is 1. The number of rotatable bonds is 8. The van der Waals surface area contributed by atoms with Crippen LogP contribution in [0.5, 0.6) is 0 Å². The molecule has 0 spiro atoms. The Kier molecular flexibility index (Phi) is 6.89. The Morgan fingerprint density at radius 1 is 1.11 bits per heavy atom. The zero-order valence-corrected chi connectivity index (χ0v) is 16.5. The van der Waals surface area contributed by atoms with Gasteiger partial charge in [0.1, 0.15) is 0 Å². The summed E-state index contributed by atoms with van der Waals surface area (Å²) in [6.07, 6.45) is 6.19. The molecule has 3 rings (SSSR count). The minimum absolute atomic E-state index is 0.103. The van der Waals surface area contributed by atoms with E-state index in [0.29, 0.717) is 6.54 Å². The first-order valence-electron chi connectivity index (χ1n) is 10.5. The molecule has 0 atom stereocenters. The molecule has 1 aliphatic heterocycles. The second-order valence-electron chi connectivity index (χ2n) is 8.12. The molecule has 148 valence electrons. The van der Waals surface area contributed by atoms with Gasteiger partial charge in [-0.2, -0.15) is 0 Å². The number of nitrogens with one attached hydrogen (secondary N) is 2. The fourth-order valence-electron chi connectivity index (χ4n) is 4.24. The summed E-state index contributed by atoms with van der Waals surface area (Å²) in [5, 5.41) is 6.16. The molecule has 5 heteroatoms. The van der Waals surface area contributed by atoms with Gasteiger partial charge in [0, 0.05) is 24.4 Å². The molecule has 1 aromatic carbocycles. The van der Waals surface area contributed by atoms with Crippen LogP contribution in [-0.2, 0) is 15.0 Å². The van der Waals surface area contributed by atoms with Crippen molar-refractivity contribution in [3.8, 4) is 0 Å². The number of carbonyl (C=O) groups is 2. The van der Waals surface area contributed by atoms with Gasteiger partial charge in [-0.15, -0.1) is 0 Å². The number of hydrogen-bond donors (Lipinski definition) is 2. The molecule has 2 amide bonds. The standard InChI is InChI=1S/C22H33N3O2/c1-2-13-23-21(27)18-9-14-25(15-10-18)16-20(26)24-17-22(11-6-12-22)19-7-4-3-5-8-19/h3-5,7-8,18H,2,6,9-17H2,1H3,(H,23,27)(H,24,26). The number of amides is 2. The number of benzene rings is 1. The molecule has 0 radical (unpaired) electrons. The first-order chi connectivity index (χ1) is 13.1. The maximum atomic E-state index is 12.5. The number of likely N-dealkylation sites (tertiary alicyclic amines) is 1. The maximum absolute atomic E-state index is 12.5. The predicted octanol–water partition coefficient (Wildman–Crippen LogP) is 2.46. The van der Waals surface area contributed by atoms with Crippen LogP contribution in [0.15, 0.2) is 30.3 Å². The van der Waals surface area contributed by atoms with E-state index in [1.165, 1.54) is 12.0 Å². The van der Waals surface area contributed by atoms with Gasteiger partial charge in [0.25, 0.3) is 0 Å². The van der Waals surface area contributed by atoms with Crippen LogP contribution in [0.2, 0.25) is 0 Å². The summed E-state index contributed by atoms with van der Waals surface area (Å²) in [5.74, 6) is 0.383. The summed E-state index contributed by atoms with van der Waals surface area (Å²) in [5.41, 5.74) is 1.47. The van der Waals surface area contributed by atoms with Crippen molar-refractivity contribution in [2.45, 2.75) is 50.9 Å². The van der Waals surface area contributed by atoms with Crippen LogP contribution in [-0.4, -0.2) is 49.4 Å². The topological polar surface area (TPSA) is 61.4 Å². The van der Waals surface area contributed by atoms with E-state index in [9.17, 15) is 9.59 Å². The Bertz CT molecular complexity index is 620. The minimum atomic E-state index is 0.103. The second kappa shape index (κ2) is 9.36. The van der Waals surface area contributed by atoms with E-state index in [1.54, 1.807) is 0 Å². The average molecular weight is 372 g/mol. The van der Waals surface area contributed by atoms with Crippen molar-refractivity contribution in [3.63, 3.8) is 0 Å². The zero-order valence-electron chi connectivity index (χ0n) is 16.5. The van der Waals surface area contributed by atoms with Gasteiger partial charge in [-0.3, -0.25) is 14.5 Å². The van der Waals surface area contributed by atoms with Crippen molar-refractivity contribution >= 4 is 11.8 Å². The van der Waals surface area contributed by atoms with E-state index >= 15 is 0 Å². The Morgan fingerprint density at radius 3 is 2.41 bits per heavy atom. The largest absolute Gasteiger partial charge is 0.356 e. The van der Waals surface area contributed by atoms with Gasteiger partial charge in [0.2, 0.25) is 11.8 Å². The fraction of sp³-hybridized carbons (Fsp3) is 0.636. The molecule has 1 aromatic rings. The molecule has 27 heavy (non-hydrogen) atoms. The lowest BCUT2D eigenvalue weighted by atomic mass is 9.64. The van der Waals surface area contributed by atoms with Gasteiger partial charge >= 0.3 is 0 Å². The van der Waals surface area contributed by atoms with Crippen molar-refractivity contribution in [2.24, 2.45) is 5.92 Å². The quantitative estimate of drug-likeness (QED) is 0.738. The lowest BCUT2D eigenvalue weighted by Crippen LogP contribution is -2.49. The summed E-state index contributed by atoms with van der Waals surface area (Å²) >= 11 is 0. The summed E-state index contributed by atoms with van der Waals surface area (Å²) < 4.78 is 0. The Labute approximate surface area is 162 Å². The third-order valence-electron chi connectivity index (χ3n) is 6.20. The van der Waals surface area contributed by atoms with Crippen LogP contribution < -0.4 is 10.6 Å². The van der Waals surface area contributed by atoms with Crippen molar-refractivity contribution < 1.29 is 9.59 Å². The van der Waals surface area contributed by atoms with Crippen molar-refractivity contribution in [3.05, 3.63) is 35.9 Å². The highest BCUT2D eigenvalue weighted by Crippen LogP contribution is 2.43. The Balaban J connectivity index is 1.41. The highest BCUT2D eigenvalue weighted by Gasteiger charge is 2.38. The number of hydrogen-bond acceptors (Lipinski definition) is 3. The van der Waals surface area contributed by atoms with Gasteiger partial charge in [-0.05, 0) is 50.8 Å². The van der Waals surface area contributed by atoms with Gasteiger partial charge in [-0.1, -0.05) is 43.7 Å².